The van der Waals surface area contributed by atoms with Crippen molar-refractivity contribution in [2.75, 3.05) is 25.6 Å². The standard InChI is InChI=1S/C8H10N4O5/c1-11(3-5(13)14)7-6(12(15)16)8(17-2)10-4-9-7/h4H,3H2,1-2H3,(H,13,14). The van der Waals surface area contributed by atoms with Crippen LogP contribution < -0.4 is 9.64 Å². The molecule has 1 aromatic heterocycles. The topological polar surface area (TPSA) is 119 Å². The molecule has 0 amide bonds. The lowest BCUT2D eigenvalue weighted by Crippen LogP contribution is -2.26. The molecule has 0 fully saturated rings. The molecule has 0 atom stereocenters. The maximum Gasteiger partial charge on any atom is 0.372 e. The first-order valence-electron chi connectivity index (χ1n) is 4.43. The number of carboxylic acid groups (broad SMARTS) is 1. The lowest BCUT2D eigenvalue weighted by Gasteiger charge is -2.15. The summed E-state index contributed by atoms with van der Waals surface area (Å²) in [5, 5.41) is 19.5. The summed E-state index contributed by atoms with van der Waals surface area (Å²) in [4.78, 5) is 29.1. The van der Waals surface area contributed by atoms with Crippen molar-refractivity contribution >= 4 is 17.5 Å². The minimum atomic E-state index is -1.13. The number of nitrogens with zero attached hydrogens (tertiary/aromatic N) is 4. The monoisotopic (exact) mass is 242 g/mol. The van der Waals surface area contributed by atoms with E-state index in [4.69, 9.17) is 9.84 Å². The number of aromatic nitrogens is 2. The van der Waals surface area contributed by atoms with Gasteiger partial charge in [0.05, 0.1) is 12.0 Å². The maximum absolute atomic E-state index is 10.9. The predicted molar refractivity (Wildman–Crippen MR) is 56.1 cm³/mol. The van der Waals surface area contributed by atoms with E-state index in [9.17, 15) is 14.9 Å². The summed E-state index contributed by atoms with van der Waals surface area (Å²) in [6.45, 7) is -0.416. The van der Waals surface area contributed by atoms with Crippen molar-refractivity contribution in [3.05, 3.63) is 16.4 Å². The lowest BCUT2D eigenvalue weighted by molar-refractivity contribution is -0.385. The molecule has 0 saturated carbocycles. The zero-order chi connectivity index (χ0) is 13.0. The Balaban J connectivity index is 3.22. The van der Waals surface area contributed by atoms with Gasteiger partial charge in [-0.05, 0) is 0 Å². The van der Waals surface area contributed by atoms with Crippen molar-refractivity contribution in [3.63, 3.8) is 0 Å². The van der Waals surface area contributed by atoms with Crippen LogP contribution in [0.2, 0.25) is 0 Å². The van der Waals surface area contributed by atoms with Crippen LogP contribution in [0, 0.1) is 10.1 Å². The highest BCUT2D eigenvalue weighted by Crippen LogP contribution is 2.32. The first-order valence-corrected chi connectivity index (χ1v) is 4.43. The number of hydrogen-bond acceptors (Lipinski definition) is 7. The maximum atomic E-state index is 10.9. The molecule has 0 unspecified atom stereocenters. The molecule has 1 aromatic rings. The summed E-state index contributed by atoms with van der Waals surface area (Å²) < 4.78 is 4.74. The van der Waals surface area contributed by atoms with Gasteiger partial charge in [-0.2, -0.15) is 4.98 Å². The normalized spacial score (nSPS) is 9.76. The first-order chi connectivity index (χ1) is 7.97. The SMILES string of the molecule is COc1ncnc(N(C)CC(=O)O)c1[N+](=O)[O-]. The predicted octanol–water partition coefficient (Wildman–Crippen LogP) is -0.0858. The fourth-order valence-corrected chi connectivity index (χ4v) is 1.22. The number of ether oxygens (including phenoxy) is 1. The number of likely N-dealkylation sites (N-methyl/N-ethyl adjacent to an activating group) is 1. The van der Waals surface area contributed by atoms with E-state index in [-0.39, 0.29) is 11.7 Å². The fourth-order valence-electron chi connectivity index (χ4n) is 1.22. The smallest absolute Gasteiger partial charge is 0.372 e. The number of carboxylic acids is 1. The molecular formula is C8H10N4O5. The molecule has 1 heterocycles. The van der Waals surface area contributed by atoms with Crippen LogP contribution in [-0.2, 0) is 4.79 Å². The van der Waals surface area contributed by atoms with E-state index in [0.717, 1.165) is 11.2 Å². The Morgan fingerprint density at radius 2 is 2.29 bits per heavy atom. The second-order valence-electron chi connectivity index (χ2n) is 3.06. The molecule has 9 nitrogen and oxygen atoms in total. The molecule has 92 valence electrons. The third-order valence-corrected chi connectivity index (χ3v) is 1.88. The molecule has 0 aromatic carbocycles. The van der Waals surface area contributed by atoms with Gasteiger partial charge in [-0.3, -0.25) is 14.9 Å². The summed E-state index contributed by atoms with van der Waals surface area (Å²) in [6, 6.07) is 0. The highest BCUT2D eigenvalue weighted by molar-refractivity contribution is 5.75. The zero-order valence-electron chi connectivity index (χ0n) is 9.15. The van der Waals surface area contributed by atoms with Crippen molar-refractivity contribution in [3.8, 4) is 5.88 Å². The Morgan fingerprint density at radius 3 is 2.76 bits per heavy atom. The van der Waals surface area contributed by atoms with Crippen molar-refractivity contribution < 1.29 is 19.6 Å². The average molecular weight is 242 g/mol. The molecule has 0 aliphatic rings. The van der Waals surface area contributed by atoms with Gasteiger partial charge in [-0.15, -0.1) is 0 Å². The molecule has 0 saturated heterocycles. The van der Waals surface area contributed by atoms with Gasteiger partial charge in [0.15, 0.2) is 0 Å². The van der Waals surface area contributed by atoms with E-state index in [1.165, 1.54) is 14.2 Å². The van der Waals surface area contributed by atoms with Crippen LogP contribution in [0.1, 0.15) is 0 Å². The number of carbonyl (C=O) groups is 1. The Labute approximate surface area is 95.8 Å². The van der Waals surface area contributed by atoms with Crippen molar-refractivity contribution in [2.45, 2.75) is 0 Å². The summed E-state index contributed by atoms with van der Waals surface area (Å²) in [6.07, 6.45) is 1.07. The molecule has 1 rings (SSSR count). The summed E-state index contributed by atoms with van der Waals surface area (Å²) in [5.74, 6) is -1.44. The molecule has 0 radical (unpaired) electrons. The first kappa shape index (κ1) is 12.6. The largest absolute Gasteiger partial charge is 0.480 e. The van der Waals surface area contributed by atoms with Gasteiger partial charge in [0, 0.05) is 7.05 Å². The molecule has 17 heavy (non-hydrogen) atoms. The van der Waals surface area contributed by atoms with Gasteiger partial charge in [0.2, 0.25) is 5.82 Å². The number of aliphatic carboxylic acids is 1. The van der Waals surface area contributed by atoms with Crippen LogP contribution in [0.15, 0.2) is 6.33 Å². The molecular weight excluding hydrogens is 232 g/mol. The van der Waals surface area contributed by atoms with Gasteiger partial charge < -0.3 is 14.7 Å². The Morgan fingerprint density at radius 1 is 1.65 bits per heavy atom. The van der Waals surface area contributed by atoms with Crippen molar-refractivity contribution in [1.29, 1.82) is 0 Å². The second-order valence-corrected chi connectivity index (χ2v) is 3.06. The fraction of sp³-hybridized carbons (Fsp3) is 0.375. The van der Waals surface area contributed by atoms with Gasteiger partial charge >= 0.3 is 11.7 Å². The third-order valence-electron chi connectivity index (χ3n) is 1.88. The average Bonchev–Trinajstić information content (AvgIpc) is 2.26. The van der Waals surface area contributed by atoms with Crippen molar-refractivity contribution in [2.24, 2.45) is 0 Å². The minimum absolute atomic E-state index is 0.107. The van der Waals surface area contributed by atoms with Crippen LogP contribution in [0.5, 0.6) is 5.88 Å². The van der Waals surface area contributed by atoms with E-state index in [1.807, 2.05) is 0 Å². The van der Waals surface area contributed by atoms with E-state index >= 15 is 0 Å². The van der Waals surface area contributed by atoms with E-state index in [0.29, 0.717) is 0 Å². The van der Waals surface area contributed by atoms with Gasteiger partial charge in [-0.25, -0.2) is 4.98 Å². The highest BCUT2D eigenvalue weighted by Gasteiger charge is 2.26. The van der Waals surface area contributed by atoms with E-state index in [1.54, 1.807) is 0 Å². The summed E-state index contributed by atoms with van der Waals surface area (Å²) >= 11 is 0. The zero-order valence-corrected chi connectivity index (χ0v) is 9.15. The van der Waals surface area contributed by atoms with Gasteiger partial charge in [0.1, 0.15) is 12.9 Å². The Hall–Kier alpha value is -2.45. The minimum Gasteiger partial charge on any atom is -0.480 e. The summed E-state index contributed by atoms with van der Waals surface area (Å²) in [7, 11) is 2.61. The molecule has 0 bridgehead atoms. The van der Waals surface area contributed by atoms with Gasteiger partial charge in [0.25, 0.3) is 5.88 Å². The molecule has 0 spiro atoms. The van der Waals surface area contributed by atoms with Crippen LogP contribution in [0.4, 0.5) is 11.5 Å². The Bertz CT molecular complexity index is 450. The summed E-state index contributed by atoms with van der Waals surface area (Å²) in [5.41, 5.74) is -0.459. The molecule has 0 aliphatic carbocycles. The van der Waals surface area contributed by atoms with E-state index in [2.05, 4.69) is 9.97 Å². The third kappa shape index (κ3) is 2.77. The lowest BCUT2D eigenvalue weighted by atomic mass is 10.4. The molecule has 1 N–H and O–H groups in total. The van der Waals surface area contributed by atoms with Gasteiger partial charge in [-0.1, -0.05) is 0 Å². The second kappa shape index (κ2) is 5.05. The highest BCUT2D eigenvalue weighted by atomic mass is 16.6. The number of anilines is 1. The number of rotatable bonds is 5. The van der Waals surface area contributed by atoms with Crippen LogP contribution in [-0.4, -0.2) is 46.7 Å². The number of hydrogen-bond donors (Lipinski definition) is 1. The van der Waals surface area contributed by atoms with Crippen LogP contribution in [0.3, 0.4) is 0 Å². The molecule has 0 aliphatic heterocycles. The molecule has 9 heteroatoms. The Kier molecular flexibility index (Phi) is 3.75. The number of nitro groups is 1. The van der Waals surface area contributed by atoms with Crippen LogP contribution in [0.25, 0.3) is 0 Å². The van der Waals surface area contributed by atoms with E-state index < -0.39 is 23.1 Å². The van der Waals surface area contributed by atoms with Crippen LogP contribution >= 0.6 is 0 Å². The van der Waals surface area contributed by atoms with Crippen molar-refractivity contribution in [1.82, 2.24) is 9.97 Å². The number of methoxy groups -OCH3 is 1. The quantitative estimate of drug-likeness (QED) is 0.562.